The first kappa shape index (κ1) is 14.7. The lowest BCUT2D eigenvalue weighted by Crippen LogP contribution is -2.28. The first-order valence-electron chi connectivity index (χ1n) is 7.06. The van der Waals surface area contributed by atoms with E-state index in [0.29, 0.717) is 0 Å². The monoisotopic (exact) mass is 251 g/mol. The average Bonchev–Trinajstić information content (AvgIpc) is 2.38. The minimum absolute atomic E-state index is 0.0464. The van der Waals surface area contributed by atoms with Crippen molar-refractivity contribution in [1.29, 1.82) is 0 Å². The lowest BCUT2D eigenvalue weighted by molar-refractivity contribution is 0.667. The van der Waals surface area contributed by atoms with E-state index in [0.717, 1.165) is 56.8 Å². The Hall–Kier alpha value is -1.32. The lowest BCUT2D eigenvalue weighted by atomic mass is 10.2. The zero-order valence-electron chi connectivity index (χ0n) is 11.8. The van der Waals surface area contributed by atoms with Crippen LogP contribution in [0.4, 0.5) is 5.82 Å². The smallest absolute Gasteiger partial charge is 0.252 e. The molecule has 0 saturated heterocycles. The van der Waals surface area contributed by atoms with Crippen molar-refractivity contribution in [3.63, 3.8) is 0 Å². The largest absolute Gasteiger partial charge is 0.356 e. The van der Waals surface area contributed by atoms with Crippen LogP contribution in [0.15, 0.2) is 10.9 Å². The molecule has 1 aromatic heterocycles. The molecule has 0 aromatic carbocycles. The Balaban J connectivity index is 2.88. The number of nitrogens with one attached hydrogen (secondary N) is 1. The Labute approximate surface area is 109 Å². The molecule has 0 aliphatic heterocycles. The normalized spacial score (nSPS) is 10.6. The number of aromatic nitrogens is 2. The van der Waals surface area contributed by atoms with Crippen LogP contribution in [0.5, 0.6) is 0 Å². The van der Waals surface area contributed by atoms with Crippen molar-refractivity contribution >= 4 is 5.82 Å². The van der Waals surface area contributed by atoms with E-state index < -0.39 is 0 Å². The molecule has 0 aliphatic carbocycles. The number of anilines is 1. The van der Waals surface area contributed by atoms with E-state index in [1.807, 2.05) is 6.92 Å². The molecule has 0 amide bonds. The highest BCUT2D eigenvalue weighted by Crippen LogP contribution is 2.11. The maximum absolute atomic E-state index is 11.6. The summed E-state index contributed by atoms with van der Waals surface area (Å²) in [6, 6.07) is 1.62. The minimum atomic E-state index is -0.0464. The van der Waals surface area contributed by atoms with Crippen molar-refractivity contribution in [1.82, 2.24) is 9.97 Å². The SMILES string of the molecule is CCCCN(CCCC)c1cc(=O)[nH]c(CC)n1. The number of nitrogens with zero attached hydrogens (tertiary/aromatic N) is 2. The van der Waals surface area contributed by atoms with Gasteiger partial charge in [0.25, 0.3) is 5.56 Å². The summed E-state index contributed by atoms with van der Waals surface area (Å²) in [5, 5.41) is 0. The Morgan fingerprint density at radius 2 is 1.78 bits per heavy atom. The fourth-order valence-corrected chi connectivity index (χ4v) is 1.86. The molecule has 1 heterocycles. The fraction of sp³-hybridized carbons (Fsp3) is 0.714. The highest BCUT2D eigenvalue weighted by molar-refractivity contribution is 5.37. The molecular weight excluding hydrogens is 226 g/mol. The topological polar surface area (TPSA) is 49.0 Å². The summed E-state index contributed by atoms with van der Waals surface area (Å²) < 4.78 is 0. The summed E-state index contributed by atoms with van der Waals surface area (Å²) in [5.41, 5.74) is -0.0464. The first-order valence-corrected chi connectivity index (χ1v) is 7.06. The summed E-state index contributed by atoms with van der Waals surface area (Å²) in [7, 11) is 0. The van der Waals surface area contributed by atoms with E-state index in [9.17, 15) is 4.79 Å². The van der Waals surface area contributed by atoms with E-state index in [2.05, 4.69) is 28.7 Å². The molecule has 1 N–H and O–H groups in total. The molecule has 0 atom stereocenters. The van der Waals surface area contributed by atoms with Crippen LogP contribution in [0, 0.1) is 0 Å². The second kappa shape index (κ2) is 7.90. The van der Waals surface area contributed by atoms with E-state index in [1.54, 1.807) is 6.07 Å². The van der Waals surface area contributed by atoms with Gasteiger partial charge in [-0.2, -0.15) is 0 Å². The van der Waals surface area contributed by atoms with Gasteiger partial charge in [-0.15, -0.1) is 0 Å². The van der Waals surface area contributed by atoms with Crippen molar-refractivity contribution in [2.24, 2.45) is 0 Å². The number of hydrogen-bond donors (Lipinski definition) is 1. The van der Waals surface area contributed by atoms with Crippen LogP contribution in [-0.4, -0.2) is 23.1 Å². The Bertz CT molecular complexity index is 392. The van der Waals surface area contributed by atoms with Gasteiger partial charge in [0.05, 0.1) is 0 Å². The maximum Gasteiger partial charge on any atom is 0.252 e. The summed E-state index contributed by atoms with van der Waals surface area (Å²) in [5.74, 6) is 1.60. The van der Waals surface area contributed by atoms with Crippen molar-refractivity contribution in [3.8, 4) is 0 Å². The number of aryl methyl sites for hydroxylation is 1. The van der Waals surface area contributed by atoms with Crippen molar-refractivity contribution in [2.75, 3.05) is 18.0 Å². The van der Waals surface area contributed by atoms with Gasteiger partial charge in [-0.3, -0.25) is 4.79 Å². The summed E-state index contributed by atoms with van der Waals surface area (Å²) in [6.45, 7) is 8.33. The van der Waals surface area contributed by atoms with Crippen molar-refractivity contribution < 1.29 is 0 Å². The van der Waals surface area contributed by atoms with Crippen molar-refractivity contribution in [3.05, 3.63) is 22.2 Å². The van der Waals surface area contributed by atoms with Crippen LogP contribution in [0.3, 0.4) is 0 Å². The molecule has 4 nitrogen and oxygen atoms in total. The standard InChI is InChI=1S/C14H25N3O/c1-4-7-9-17(10-8-5-2)13-11-14(18)16-12(6-3)15-13/h11H,4-10H2,1-3H3,(H,15,16,18). The molecular formula is C14H25N3O. The minimum Gasteiger partial charge on any atom is -0.356 e. The first-order chi connectivity index (χ1) is 8.71. The van der Waals surface area contributed by atoms with E-state index in [-0.39, 0.29) is 5.56 Å². The fourth-order valence-electron chi connectivity index (χ4n) is 1.86. The van der Waals surface area contributed by atoms with Gasteiger partial charge in [0.15, 0.2) is 0 Å². The van der Waals surface area contributed by atoms with Gasteiger partial charge in [0, 0.05) is 25.6 Å². The third-order valence-corrected chi connectivity index (χ3v) is 3.00. The number of hydrogen-bond acceptors (Lipinski definition) is 3. The van der Waals surface area contributed by atoms with Crippen LogP contribution >= 0.6 is 0 Å². The molecule has 1 aromatic rings. The molecule has 102 valence electrons. The molecule has 0 aliphatic rings. The van der Waals surface area contributed by atoms with E-state index in [4.69, 9.17) is 0 Å². The van der Waals surface area contributed by atoms with Gasteiger partial charge in [0.1, 0.15) is 11.6 Å². The van der Waals surface area contributed by atoms with Crippen LogP contribution in [-0.2, 0) is 6.42 Å². The van der Waals surface area contributed by atoms with Gasteiger partial charge in [-0.1, -0.05) is 33.6 Å². The molecule has 0 fully saturated rings. The van der Waals surface area contributed by atoms with Gasteiger partial charge in [-0.25, -0.2) is 4.98 Å². The molecule has 0 bridgehead atoms. The van der Waals surface area contributed by atoms with Crippen molar-refractivity contribution in [2.45, 2.75) is 52.9 Å². The lowest BCUT2D eigenvalue weighted by Gasteiger charge is -2.23. The Morgan fingerprint density at radius 1 is 1.17 bits per heavy atom. The number of aromatic amines is 1. The molecule has 0 spiro atoms. The van der Waals surface area contributed by atoms with Crippen LogP contribution < -0.4 is 10.5 Å². The number of rotatable bonds is 8. The van der Waals surface area contributed by atoms with E-state index in [1.165, 1.54) is 0 Å². The predicted octanol–water partition coefficient (Wildman–Crippen LogP) is 2.74. The molecule has 0 unspecified atom stereocenters. The summed E-state index contributed by atoms with van der Waals surface area (Å²) >= 11 is 0. The third kappa shape index (κ3) is 4.51. The predicted molar refractivity (Wildman–Crippen MR) is 76.3 cm³/mol. The third-order valence-electron chi connectivity index (χ3n) is 3.00. The molecule has 0 radical (unpaired) electrons. The molecule has 0 saturated carbocycles. The van der Waals surface area contributed by atoms with Crippen LogP contribution in [0.2, 0.25) is 0 Å². The van der Waals surface area contributed by atoms with Gasteiger partial charge >= 0.3 is 0 Å². The second-order valence-corrected chi connectivity index (χ2v) is 4.60. The van der Waals surface area contributed by atoms with Crippen LogP contribution in [0.1, 0.15) is 52.3 Å². The molecule has 18 heavy (non-hydrogen) atoms. The van der Waals surface area contributed by atoms with Gasteiger partial charge < -0.3 is 9.88 Å². The molecule has 1 rings (SSSR count). The summed E-state index contributed by atoms with van der Waals surface area (Å²) in [6.07, 6.45) is 5.36. The van der Waals surface area contributed by atoms with Crippen LogP contribution in [0.25, 0.3) is 0 Å². The summed E-state index contributed by atoms with van der Waals surface area (Å²) in [4.78, 5) is 21.1. The Morgan fingerprint density at radius 3 is 2.28 bits per heavy atom. The second-order valence-electron chi connectivity index (χ2n) is 4.60. The average molecular weight is 251 g/mol. The van der Waals surface area contributed by atoms with Gasteiger partial charge in [0.2, 0.25) is 0 Å². The number of H-pyrrole nitrogens is 1. The Kier molecular flexibility index (Phi) is 6.47. The van der Waals surface area contributed by atoms with E-state index >= 15 is 0 Å². The quantitative estimate of drug-likeness (QED) is 0.773. The molecule has 4 heteroatoms. The highest BCUT2D eigenvalue weighted by Gasteiger charge is 2.09. The number of unbranched alkanes of at least 4 members (excludes halogenated alkanes) is 2. The highest BCUT2D eigenvalue weighted by atomic mass is 16.1. The zero-order chi connectivity index (χ0) is 13.4. The maximum atomic E-state index is 11.6. The van der Waals surface area contributed by atoms with Gasteiger partial charge in [-0.05, 0) is 12.8 Å². The zero-order valence-corrected chi connectivity index (χ0v) is 11.8.